The van der Waals surface area contributed by atoms with Crippen LogP contribution in [0.15, 0.2) is 97.1 Å². The standard InChI is InChI=1S/C31H32N2O3S/c1-22-14-19-28(20-24(22)3)33(37(4,35)36)21-25-15-17-27(18-16-25)31(34)32-30(26-11-6-5-7-12-26)29-13-9-8-10-23(29)2/h5-20,30H,21H2,1-4H3,(H,32,34)/t30-/m0/s1. The molecule has 0 aliphatic carbocycles. The monoisotopic (exact) mass is 512 g/mol. The Hall–Kier alpha value is -3.90. The van der Waals surface area contributed by atoms with E-state index < -0.39 is 10.0 Å². The number of nitrogens with one attached hydrogen (secondary N) is 1. The lowest BCUT2D eigenvalue weighted by Gasteiger charge is -2.24. The Morgan fingerprint density at radius 2 is 1.43 bits per heavy atom. The Balaban J connectivity index is 1.56. The quantitative estimate of drug-likeness (QED) is 0.310. The van der Waals surface area contributed by atoms with Crippen molar-refractivity contribution in [3.05, 3.63) is 136 Å². The van der Waals surface area contributed by atoms with Gasteiger partial charge in [-0.3, -0.25) is 9.10 Å². The lowest BCUT2D eigenvalue weighted by Crippen LogP contribution is -2.30. The Bertz CT molecular complexity index is 1500. The molecule has 0 unspecified atom stereocenters. The molecule has 1 amide bonds. The number of hydrogen-bond donors (Lipinski definition) is 1. The molecule has 0 aromatic heterocycles. The first-order valence-electron chi connectivity index (χ1n) is 12.2. The third kappa shape index (κ3) is 6.27. The van der Waals surface area contributed by atoms with Gasteiger partial charge in [0.05, 0.1) is 24.5 Å². The average Bonchev–Trinajstić information content (AvgIpc) is 2.88. The van der Waals surface area contributed by atoms with Crippen LogP contribution in [0.25, 0.3) is 0 Å². The number of carbonyl (C=O) groups excluding carboxylic acids is 1. The molecule has 0 spiro atoms. The van der Waals surface area contributed by atoms with Crippen LogP contribution in [0.3, 0.4) is 0 Å². The van der Waals surface area contributed by atoms with E-state index in [1.807, 2.05) is 93.6 Å². The van der Waals surface area contributed by atoms with Gasteiger partial charge in [-0.05, 0) is 78.4 Å². The van der Waals surface area contributed by atoms with Gasteiger partial charge in [0.1, 0.15) is 0 Å². The summed E-state index contributed by atoms with van der Waals surface area (Å²) in [5, 5.41) is 3.18. The molecule has 0 heterocycles. The number of sulfonamides is 1. The first kappa shape index (κ1) is 26.2. The van der Waals surface area contributed by atoms with Gasteiger partial charge in [-0.15, -0.1) is 0 Å². The van der Waals surface area contributed by atoms with Gasteiger partial charge < -0.3 is 5.32 Å². The predicted molar refractivity (Wildman–Crippen MR) is 150 cm³/mol. The molecule has 4 aromatic carbocycles. The average molecular weight is 513 g/mol. The van der Waals surface area contributed by atoms with E-state index in [1.165, 1.54) is 10.6 Å². The van der Waals surface area contributed by atoms with Crippen molar-refractivity contribution in [3.63, 3.8) is 0 Å². The highest BCUT2D eigenvalue weighted by Gasteiger charge is 2.21. The minimum Gasteiger partial charge on any atom is -0.341 e. The lowest BCUT2D eigenvalue weighted by molar-refractivity contribution is 0.0943. The lowest BCUT2D eigenvalue weighted by atomic mass is 9.94. The van der Waals surface area contributed by atoms with Crippen LogP contribution < -0.4 is 9.62 Å². The summed E-state index contributed by atoms with van der Waals surface area (Å²) in [4.78, 5) is 13.3. The molecule has 0 radical (unpaired) electrons. The fraction of sp³-hybridized carbons (Fsp3) is 0.194. The van der Waals surface area contributed by atoms with E-state index in [4.69, 9.17) is 0 Å². The van der Waals surface area contributed by atoms with Crippen LogP contribution in [-0.4, -0.2) is 20.6 Å². The van der Waals surface area contributed by atoms with Crippen LogP contribution in [-0.2, 0) is 16.6 Å². The highest BCUT2D eigenvalue weighted by molar-refractivity contribution is 7.92. The number of hydrogen-bond acceptors (Lipinski definition) is 3. The first-order chi connectivity index (χ1) is 17.6. The van der Waals surface area contributed by atoms with E-state index in [-0.39, 0.29) is 18.5 Å². The summed E-state index contributed by atoms with van der Waals surface area (Å²) in [6.45, 7) is 6.18. The number of rotatable bonds is 8. The largest absolute Gasteiger partial charge is 0.341 e. The van der Waals surface area contributed by atoms with Crippen molar-refractivity contribution in [1.82, 2.24) is 5.32 Å². The van der Waals surface area contributed by atoms with Crippen molar-refractivity contribution >= 4 is 21.6 Å². The Kier molecular flexibility index (Phi) is 7.79. The number of benzene rings is 4. The maximum atomic E-state index is 13.3. The Morgan fingerprint density at radius 3 is 2.05 bits per heavy atom. The van der Waals surface area contributed by atoms with Crippen molar-refractivity contribution in [3.8, 4) is 0 Å². The van der Waals surface area contributed by atoms with Gasteiger partial charge in [-0.2, -0.15) is 0 Å². The number of nitrogens with zero attached hydrogens (tertiary/aromatic N) is 1. The second-order valence-electron chi connectivity index (χ2n) is 9.41. The van der Waals surface area contributed by atoms with E-state index in [0.29, 0.717) is 11.3 Å². The topological polar surface area (TPSA) is 66.5 Å². The van der Waals surface area contributed by atoms with Crippen LogP contribution in [0, 0.1) is 20.8 Å². The second kappa shape index (κ2) is 11.0. The van der Waals surface area contributed by atoms with Crippen LogP contribution in [0.4, 0.5) is 5.69 Å². The zero-order valence-corrected chi connectivity index (χ0v) is 22.4. The molecular weight excluding hydrogens is 480 g/mol. The molecule has 0 bridgehead atoms. The van der Waals surface area contributed by atoms with Gasteiger partial charge in [-0.25, -0.2) is 8.42 Å². The Morgan fingerprint density at radius 1 is 0.784 bits per heavy atom. The van der Waals surface area contributed by atoms with Crippen LogP contribution in [0.5, 0.6) is 0 Å². The maximum Gasteiger partial charge on any atom is 0.252 e. The van der Waals surface area contributed by atoms with Crippen molar-refractivity contribution < 1.29 is 13.2 Å². The summed E-state index contributed by atoms with van der Waals surface area (Å²) < 4.78 is 26.6. The normalized spacial score (nSPS) is 12.1. The van der Waals surface area contributed by atoms with E-state index in [9.17, 15) is 13.2 Å². The smallest absolute Gasteiger partial charge is 0.252 e. The molecule has 1 atom stereocenters. The van der Waals surface area contributed by atoms with Crippen molar-refractivity contribution in [1.29, 1.82) is 0 Å². The van der Waals surface area contributed by atoms with E-state index in [1.54, 1.807) is 24.3 Å². The van der Waals surface area contributed by atoms with E-state index >= 15 is 0 Å². The third-order valence-corrected chi connectivity index (χ3v) is 7.77. The zero-order chi connectivity index (χ0) is 26.6. The number of anilines is 1. The van der Waals surface area contributed by atoms with Gasteiger partial charge >= 0.3 is 0 Å². The molecule has 190 valence electrons. The number of carbonyl (C=O) groups is 1. The molecule has 5 nitrogen and oxygen atoms in total. The number of amides is 1. The van der Waals surface area contributed by atoms with E-state index in [0.717, 1.165) is 33.4 Å². The van der Waals surface area contributed by atoms with Gasteiger partial charge in [0.25, 0.3) is 5.91 Å². The summed E-state index contributed by atoms with van der Waals surface area (Å²) >= 11 is 0. The summed E-state index contributed by atoms with van der Waals surface area (Å²) in [6.07, 6.45) is 1.21. The number of aryl methyl sites for hydroxylation is 3. The fourth-order valence-corrected chi connectivity index (χ4v) is 5.20. The molecule has 0 aliphatic rings. The van der Waals surface area contributed by atoms with Crippen LogP contribution in [0.1, 0.15) is 49.8 Å². The van der Waals surface area contributed by atoms with Crippen molar-refractivity contribution in [2.75, 3.05) is 10.6 Å². The van der Waals surface area contributed by atoms with Crippen molar-refractivity contribution in [2.45, 2.75) is 33.4 Å². The zero-order valence-electron chi connectivity index (χ0n) is 21.6. The molecule has 4 rings (SSSR count). The highest BCUT2D eigenvalue weighted by Crippen LogP contribution is 2.26. The molecule has 0 fully saturated rings. The van der Waals surface area contributed by atoms with Crippen LogP contribution in [0.2, 0.25) is 0 Å². The highest BCUT2D eigenvalue weighted by atomic mass is 32.2. The van der Waals surface area contributed by atoms with Gasteiger partial charge in [-0.1, -0.05) is 72.8 Å². The summed E-state index contributed by atoms with van der Waals surface area (Å²) in [5.41, 5.74) is 7.19. The molecular formula is C31H32N2O3S. The third-order valence-electron chi connectivity index (χ3n) is 6.63. The fourth-order valence-electron chi connectivity index (χ4n) is 4.32. The molecule has 0 aliphatic heterocycles. The molecule has 6 heteroatoms. The van der Waals surface area contributed by atoms with Crippen LogP contribution >= 0.6 is 0 Å². The van der Waals surface area contributed by atoms with Gasteiger partial charge in [0, 0.05) is 5.56 Å². The molecule has 0 saturated heterocycles. The minimum absolute atomic E-state index is 0.180. The van der Waals surface area contributed by atoms with Crippen molar-refractivity contribution in [2.24, 2.45) is 0 Å². The van der Waals surface area contributed by atoms with Gasteiger partial charge in [0.15, 0.2) is 0 Å². The first-order valence-corrected chi connectivity index (χ1v) is 14.0. The molecule has 0 saturated carbocycles. The maximum absolute atomic E-state index is 13.3. The van der Waals surface area contributed by atoms with E-state index in [2.05, 4.69) is 5.32 Å². The predicted octanol–water partition coefficient (Wildman–Crippen LogP) is 6.10. The SMILES string of the molecule is Cc1ccc(N(Cc2ccc(C(=O)N[C@@H](c3ccccc3)c3ccccc3C)cc2)S(C)(=O)=O)cc1C. The molecule has 37 heavy (non-hydrogen) atoms. The summed E-state index contributed by atoms with van der Waals surface area (Å²) in [6, 6.07) is 30.4. The summed E-state index contributed by atoms with van der Waals surface area (Å²) in [7, 11) is -3.50. The minimum atomic E-state index is -3.50. The molecule has 1 N–H and O–H groups in total. The molecule has 4 aromatic rings. The summed E-state index contributed by atoms with van der Waals surface area (Å²) in [5.74, 6) is -0.196. The Labute approximate surface area is 219 Å². The second-order valence-corrected chi connectivity index (χ2v) is 11.3. The van der Waals surface area contributed by atoms with Gasteiger partial charge in [0.2, 0.25) is 10.0 Å².